The van der Waals surface area contributed by atoms with E-state index in [0.29, 0.717) is 43.3 Å². The Labute approximate surface area is 133 Å². The van der Waals surface area contributed by atoms with Crippen LogP contribution in [-0.2, 0) is 13.1 Å². The maximum absolute atomic E-state index is 12.5. The Kier molecular flexibility index (Phi) is 4.18. The lowest BCUT2D eigenvalue weighted by molar-refractivity contribution is 0.0707. The van der Waals surface area contributed by atoms with Crippen LogP contribution in [0.2, 0.25) is 0 Å². The summed E-state index contributed by atoms with van der Waals surface area (Å²) in [6.07, 6.45) is 6.52. The van der Waals surface area contributed by atoms with Gasteiger partial charge in [0.25, 0.3) is 11.8 Å². The average molecular weight is 311 g/mol. The van der Waals surface area contributed by atoms with Gasteiger partial charge in [-0.1, -0.05) is 6.08 Å². The van der Waals surface area contributed by atoms with Gasteiger partial charge in [-0.15, -0.1) is 6.58 Å². The number of rotatable bonds is 4. The highest BCUT2D eigenvalue weighted by molar-refractivity contribution is 5.94. The van der Waals surface area contributed by atoms with Crippen LogP contribution in [0.15, 0.2) is 43.4 Å². The number of amides is 2. The van der Waals surface area contributed by atoms with Crippen LogP contribution in [0.5, 0.6) is 0 Å². The van der Waals surface area contributed by atoms with E-state index in [0.717, 1.165) is 0 Å². The molecule has 3 heterocycles. The lowest BCUT2D eigenvalue weighted by Gasteiger charge is -2.27. The second-order valence-electron chi connectivity index (χ2n) is 5.20. The third kappa shape index (κ3) is 3.13. The first-order valence-corrected chi connectivity index (χ1v) is 7.33. The molecule has 0 atom stereocenters. The first kappa shape index (κ1) is 15.0. The van der Waals surface area contributed by atoms with Gasteiger partial charge in [0.2, 0.25) is 0 Å². The molecule has 1 aliphatic rings. The Morgan fingerprint density at radius 2 is 2.26 bits per heavy atom. The van der Waals surface area contributed by atoms with Crippen LogP contribution in [-0.4, -0.2) is 44.3 Å². The van der Waals surface area contributed by atoms with E-state index in [1.165, 1.54) is 0 Å². The summed E-state index contributed by atoms with van der Waals surface area (Å²) in [5.41, 5.74) is 0.911. The lowest BCUT2D eigenvalue weighted by Crippen LogP contribution is -2.38. The van der Waals surface area contributed by atoms with Crippen molar-refractivity contribution < 1.29 is 9.59 Å². The highest BCUT2D eigenvalue weighted by Gasteiger charge is 2.24. The molecular formula is C16H17N5O2. The van der Waals surface area contributed by atoms with Crippen molar-refractivity contribution in [1.29, 1.82) is 0 Å². The van der Waals surface area contributed by atoms with Crippen LogP contribution in [0.25, 0.3) is 0 Å². The zero-order chi connectivity index (χ0) is 16.2. The first-order valence-electron chi connectivity index (χ1n) is 7.33. The Bertz CT molecular complexity index is 738. The van der Waals surface area contributed by atoms with Crippen LogP contribution >= 0.6 is 0 Å². The van der Waals surface area contributed by atoms with Gasteiger partial charge >= 0.3 is 0 Å². The number of pyridine rings is 1. The molecular weight excluding hydrogens is 294 g/mol. The smallest absolute Gasteiger partial charge is 0.271 e. The van der Waals surface area contributed by atoms with Crippen LogP contribution in [0.1, 0.15) is 26.7 Å². The van der Waals surface area contributed by atoms with Gasteiger partial charge in [0.05, 0.1) is 12.1 Å². The average Bonchev–Trinajstić information content (AvgIpc) is 3.03. The minimum atomic E-state index is -0.239. The fourth-order valence-electron chi connectivity index (χ4n) is 2.46. The minimum absolute atomic E-state index is 0.0787. The predicted octanol–water partition coefficient (Wildman–Crippen LogP) is 0.850. The second kappa shape index (κ2) is 6.43. The molecule has 2 aromatic rings. The predicted molar refractivity (Wildman–Crippen MR) is 83.7 cm³/mol. The number of hydrogen-bond donors (Lipinski definition) is 1. The first-order chi connectivity index (χ1) is 11.2. The summed E-state index contributed by atoms with van der Waals surface area (Å²) in [5.74, 6) is 0.388. The molecule has 0 saturated carbocycles. The van der Waals surface area contributed by atoms with E-state index in [4.69, 9.17) is 0 Å². The normalized spacial score (nSPS) is 13.3. The Hall–Kier alpha value is -2.96. The molecule has 0 spiro atoms. The molecule has 2 aromatic heterocycles. The molecule has 7 nitrogen and oxygen atoms in total. The van der Waals surface area contributed by atoms with E-state index < -0.39 is 0 Å². The summed E-state index contributed by atoms with van der Waals surface area (Å²) in [7, 11) is 0. The minimum Gasteiger partial charge on any atom is -0.347 e. The molecule has 0 aromatic carbocycles. The second-order valence-corrected chi connectivity index (χ2v) is 5.20. The summed E-state index contributed by atoms with van der Waals surface area (Å²) in [6.45, 7) is 5.52. The molecule has 0 aliphatic carbocycles. The Morgan fingerprint density at radius 1 is 1.39 bits per heavy atom. The van der Waals surface area contributed by atoms with Crippen molar-refractivity contribution in [2.75, 3.05) is 13.1 Å². The van der Waals surface area contributed by atoms with E-state index >= 15 is 0 Å². The number of nitrogens with zero attached hydrogens (tertiary/aromatic N) is 4. The van der Waals surface area contributed by atoms with Gasteiger partial charge < -0.3 is 14.8 Å². The number of imidazole rings is 1. The van der Waals surface area contributed by atoms with Crippen molar-refractivity contribution in [2.45, 2.75) is 13.1 Å². The van der Waals surface area contributed by atoms with Crippen molar-refractivity contribution in [1.82, 2.24) is 24.8 Å². The molecule has 0 saturated heterocycles. The van der Waals surface area contributed by atoms with Crippen molar-refractivity contribution in [3.63, 3.8) is 0 Å². The summed E-state index contributed by atoms with van der Waals surface area (Å²) in [5, 5.41) is 2.70. The fraction of sp³-hybridized carbons (Fsp3) is 0.250. The summed E-state index contributed by atoms with van der Waals surface area (Å²) in [6, 6.07) is 3.48. The highest BCUT2D eigenvalue weighted by atomic mass is 16.2. The standard InChI is InChI=1S/C16H17N5O2/c1-2-5-18-15(22)13-10-20-7-8-21(11-14(20)19-13)16(23)12-4-3-6-17-9-12/h2-4,6,9-10H,1,5,7-8,11H2,(H,18,22). The van der Waals surface area contributed by atoms with Gasteiger partial charge in [-0.05, 0) is 12.1 Å². The number of nitrogens with one attached hydrogen (secondary N) is 1. The molecule has 0 fully saturated rings. The summed E-state index contributed by atoms with van der Waals surface area (Å²) in [4.78, 5) is 34.4. The van der Waals surface area contributed by atoms with Crippen LogP contribution < -0.4 is 5.32 Å². The lowest BCUT2D eigenvalue weighted by atomic mass is 10.2. The number of carbonyl (C=O) groups excluding carboxylic acids is 2. The van der Waals surface area contributed by atoms with Crippen LogP contribution in [0.3, 0.4) is 0 Å². The SMILES string of the molecule is C=CCNC(=O)c1cn2c(n1)CN(C(=O)c1cccnc1)CC2. The Morgan fingerprint density at radius 3 is 3.00 bits per heavy atom. The van der Waals surface area contributed by atoms with Crippen molar-refractivity contribution >= 4 is 11.8 Å². The molecule has 118 valence electrons. The van der Waals surface area contributed by atoms with E-state index in [2.05, 4.69) is 21.9 Å². The van der Waals surface area contributed by atoms with Gasteiger partial charge in [-0.2, -0.15) is 0 Å². The third-order valence-corrected chi connectivity index (χ3v) is 3.64. The molecule has 0 bridgehead atoms. The molecule has 23 heavy (non-hydrogen) atoms. The van der Waals surface area contributed by atoms with Crippen LogP contribution in [0.4, 0.5) is 0 Å². The van der Waals surface area contributed by atoms with Crippen molar-refractivity contribution in [3.05, 3.63) is 60.5 Å². The van der Waals surface area contributed by atoms with Crippen molar-refractivity contribution in [3.8, 4) is 0 Å². The third-order valence-electron chi connectivity index (χ3n) is 3.64. The fourth-order valence-corrected chi connectivity index (χ4v) is 2.46. The maximum Gasteiger partial charge on any atom is 0.271 e. The quantitative estimate of drug-likeness (QED) is 0.849. The zero-order valence-corrected chi connectivity index (χ0v) is 12.6. The highest BCUT2D eigenvalue weighted by Crippen LogP contribution is 2.15. The van der Waals surface area contributed by atoms with Gasteiger partial charge in [-0.25, -0.2) is 4.98 Å². The number of fused-ring (bicyclic) bond motifs is 1. The largest absolute Gasteiger partial charge is 0.347 e. The zero-order valence-electron chi connectivity index (χ0n) is 12.6. The van der Waals surface area contributed by atoms with E-state index in [-0.39, 0.29) is 11.8 Å². The van der Waals surface area contributed by atoms with Crippen LogP contribution in [0, 0.1) is 0 Å². The summed E-state index contributed by atoms with van der Waals surface area (Å²) < 4.78 is 1.91. The Balaban J connectivity index is 1.73. The van der Waals surface area contributed by atoms with Crippen molar-refractivity contribution in [2.24, 2.45) is 0 Å². The molecule has 7 heteroatoms. The van der Waals surface area contributed by atoms with Gasteiger partial charge in [0.1, 0.15) is 11.5 Å². The topological polar surface area (TPSA) is 80.1 Å². The number of hydrogen-bond acceptors (Lipinski definition) is 4. The van der Waals surface area contributed by atoms with Gasteiger partial charge in [-0.3, -0.25) is 14.6 Å². The number of carbonyl (C=O) groups is 2. The maximum atomic E-state index is 12.5. The number of aromatic nitrogens is 3. The monoisotopic (exact) mass is 311 g/mol. The molecule has 1 N–H and O–H groups in total. The van der Waals surface area contributed by atoms with E-state index in [1.54, 1.807) is 41.7 Å². The molecule has 1 aliphatic heterocycles. The van der Waals surface area contributed by atoms with E-state index in [9.17, 15) is 9.59 Å². The van der Waals surface area contributed by atoms with E-state index in [1.807, 2.05) is 4.57 Å². The summed E-state index contributed by atoms with van der Waals surface area (Å²) >= 11 is 0. The molecule has 0 radical (unpaired) electrons. The molecule has 3 rings (SSSR count). The molecule has 2 amide bonds. The van der Waals surface area contributed by atoms with Gasteiger partial charge in [0.15, 0.2) is 0 Å². The molecule has 0 unspecified atom stereocenters. The van der Waals surface area contributed by atoms with Gasteiger partial charge in [0, 0.05) is 38.2 Å².